The molecule has 2 aromatic rings. The van der Waals surface area contributed by atoms with Crippen LogP contribution in [-0.2, 0) is 16.4 Å². The Bertz CT molecular complexity index is 806. The highest BCUT2D eigenvalue weighted by molar-refractivity contribution is 7.92. The van der Waals surface area contributed by atoms with Crippen LogP contribution in [0.1, 0.15) is 5.56 Å². The zero-order valence-corrected chi connectivity index (χ0v) is 14.9. The maximum Gasteiger partial charge on any atom is 0.229 e. The summed E-state index contributed by atoms with van der Waals surface area (Å²) in [6.45, 7) is 2.05. The van der Waals surface area contributed by atoms with Crippen LogP contribution in [0.15, 0.2) is 48.5 Å². The van der Waals surface area contributed by atoms with Crippen molar-refractivity contribution >= 4 is 15.7 Å². The Morgan fingerprint density at radius 2 is 1.80 bits per heavy atom. The van der Waals surface area contributed by atoms with Gasteiger partial charge >= 0.3 is 0 Å². The summed E-state index contributed by atoms with van der Waals surface area (Å²) in [6.07, 6.45) is 1.99. The van der Waals surface area contributed by atoms with Crippen LogP contribution in [0.4, 0.5) is 5.69 Å². The molecule has 6 nitrogen and oxygen atoms in total. The van der Waals surface area contributed by atoms with Crippen LogP contribution in [0, 0.1) is 0 Å². The third-order valence-corrected chi connectivity index (χ3v) is 4.39. The molecule has 0 saturated heterocycles. The zero-order valence-electron chi connectivity index (χ0n) is 14.1. The fourth-order valence-corrected chi connectivity index (χ4v) is 3.18. The molecule has 1 aliphatic rings. The van der Waals surface area contributed by atoms with E-state index in [1.165, 1.54) is 0 Å². The molecule has 0 spiro atoms. The molecule has 0 bridgehead atoms. The normalized spacial score (nSPS) is 16.4. The van der Waals surface area contributed by atoms with Crippen molar-refractivity contribution in [2.45, 2.75) is 12.5 Å². The van der Waals surface area contributed by atoms with Gasteiger partial charge in [-0.05, 0) is 42.8 Å². The number of rotatable bonds is 7. The minimum absolute atomic E-state index is 0.00348. The number of hydrogen-bond acceptors (Lipinski definition) is 5. The number of anilines is 1. The van der Waals surface area contributed by atoms with E-state index in [2.05, 4.69) is 10.0 Å². The summed E-state index contributed by atoms with van der Waals surface area (Å²) >= 11 is 0. The van der Waals surface area contributed by atoms with Gasteiger partial charge in [0.2, 0.25) is 10.0 Å². The Morgan fingerprint density at radius 3 is 2.52 bits per heavy atom. The molecule has 1 aliphatic heterocycles. The molecular formula is C18H22N2O4S. The first-order valence-electron chi connectivity index (χ1n) is 8.15. The SMILES string of the molecule is CS(=O)(=O)Nc1ccc(CCNCC2COc3ccccc3O2)cc1. The zero-order chi connectivity index (χ0) is 17.7. The molecule has 7 heteroatoms. The molecule has 1 heterocycles. The molecule has 2 aromatic carbocycles. The molecule has 2 N–H and O–H groups in total. The van der Waals surface area contributed by atoms with Crippen molar-refractivity contribution in [3.05, 3.63) is 54.1 Å². The summed E-state index contributed by atoms with van der Waals surface area (Å²) in [7, 11) is -3.23. The molecular weight excluding hydrogens is 340 g/mol. The molecule has 0 aliphatic carbocycles. The molecule has 0 fully saturated rings. The Balaban J connectivity index is 1.40. The Morgan fingerprint density at radius 1 is 1.08 bits per heavy atom. The lowest BCUT2D eigenvalue weighted by molar-refractivity contribution is 0.0906. The third kappa shape index (κ3) is 5.37. The van der Waals surface area contributed by atoms with Gasteiger partial charge in [0.1, 0.15) is 12.7 Å². The Hall–Kier alpha value is -2.25. The number of benzene rings is 2. The molecule has 25 heavy (non-hydrogen) atoms. The summed E-state index contributed by atoms with van der Waals surface area (Å²) in [6, 6.07) is 15.1. The van der Waals surface area contributed by atoms with Crippen LogP contribution < -0.4 is 19.5 Å². The van der Waals surface area contributed by atoms with Crippen molar-refractivity contribution in [1.29, 1.82) is 0 Å². The number of hydrogen-bond donors (Lipinski definition) is 2. The van der Waals surface area contributed by atoms with E-state index in [1.54, 1.807) is 12.1 Å². The molecule has 1 unspecified atom stereocenters. The topological polar surface area (TPSA) is 76.7 Å². The molecule has 1 atom stereocenters. The number of para-hydroxylation sites is 2. The third-order valence-electron chi connectivity index (χ3n) is 3.79. The Labute approximate surface area is 148 Å². The lowest BCUT2D eigenvalue weighted by Gasteiger charge is -2.26. The second-order valence-corrected chi connectivity index (χ2v) is 7.77. The van der Waals surface area contributed by atoms with Gasteiger partial charge in [-0.1, -0.05) is 24.3 Å². The van der Waals surface area contributed by atoms with Crippen LogP contribution in [-0.4, -0.2) is 40.5 Å². The van der Waals surface area contributed by atoms with Crippen molar-refractivity contribution in [3.8, 4) is 11.5 Å². The lowest BCUT2D eigenvalue weighted by Crippen LogP contribution is -2.39. The largest absolute Gasteiger partial charge is 0.486 e. The van der Waals surface area contributed by atoms with E-state index >= 15 is 0 Å². The molecule has 0 aromatic heterocycles. The highest BCUT2D eigenvalue weighted by Crippen LogP contribution is 2.30. The maximum absolute atomic E-state index is 11.2. The van der Waals surface area contributed by atoms with Crippen molar-refractivity contribution in [2.75, 3.05) is 30.7 Å². The standard InChI is InChI=1S/C18H22N2O4S/c1-25(21,22)20-15-8-6-14(7-9-15)10-11-19-12-16-13-23-17-4-2-3-5-18(17)24-16/h2-9,16,19-20H,10-13H2,1H3. The van der Waals surface area contributed by atoms with Gasteiger partial charge in [-0.3, -0.25) is 4.72 Å². The van der Waals surface area contributed by atoms with Crippen LogP contribution in [0.5, 0.6) is 11.5 Å². The average molecular weight is 362 g/mol. The average Bonchev–Trinajstić information content (AvgIpc) is 2.59. The van der Waals surface area contributed by atoms with Gasteiger partial charge in [0, 0.05) is 12.2 Å². The quantitative estimate of drug-likeness (QED) is 0.737. The number of fused-ring (bicyclic) bond motifs is 1. The molecule has 0 amide bonds. The van der Waals surface area contributed by atoms with E-state index in [4.69, 9.17) is 9.47 Å². The second kappa shape index (κ2) is 7.76. The first kappa shape index (κ1) is 17.6. The van der Waals surface area contributed by atoms with Crippen molar-refractivity contribution in [1.82, 2.24) is 5.32 Å². The first-order valence-corrected chi connectivity index (χ1v) is 10.0. The lowest BCUT2D eigenvalue weighted by atomic mass is 10.1. The minimum atomic E-state index is -3.23. The van der Waals surface area contributed by atoms with Gasteiger partial charge in [-0.2, -0.15) is 0 Å². The number of sulfonamides is 1. The van der Waals surface area contributed by atoms with Gasteiger partial charge < -0.3 is 14.8 Å². The molecule has 0 radical (unpaired) electrons. The van der Waals surface area contributed by atoms with E-state index in [0.29, 0.717) is 18.8 Å². The summed E-state index contributed by atoms with van der Waals surface area (Å²) in [5, 5.41) is 3.37. The fourth-order valence-electron chi connectivity index (χ4n) is 2.61. The van der Waals surface area contributed by atoms with Gasteiger partial charge in [0.15, 0.2) is 11.5 Å². The summed E-state index contributed by atoms with van der Waals surface area (Å²) in [5.41, 5.74) is 1.71. The van der Waals surface area contributed by atoms with Crippen molar-refractivity contribution in [2.24, 2.45) is 0 Å². The van der Waals surface area contributed by atoms with E-state index in [0.717, 1.165) is 36.3 Å². The summed E-state index contributed by atoms with van der Waals surface area (Å²) in [4.78, 5) is 0. The van der Waals surface area contributed by atoms with Gasteiger partial charge in [0.25, 0.3) is 0 Å². The highest BCUT2D eigenvalue weighted by Gasteiger charge is 2.19. The van der Waals surface area contributed by atoms with Crippen LogP contribution in [0.2, 0.25) is 0 Å². The number of nitrogens with one attached hydrogen (secondary N) is 2. The first-order chi connectivity index (χ1) is 12.0. The van der Waals surface area contributed by atoms with Crippen LogP contribution >= 0.6 is 0 Å². The van der Waals surface area contributed by atoms with E-state index in [1.807, 2.05) is 36.4 Å². The van der Waals surface area contributed by atoms with Gasteiger partial charge in [-0.25, -0.2) is 8.42 Å². The predicted octanol–water partition coefficient (Wildman–Crippen LogP) is 2.03. The van der Waals surface area contributed by atoms with E-state index in [-0.39, 0.29) is 6.10 Å². The fraction of sp³-hybridized carbons (Fsp3) is 0.333. The minimum Gasteiger partial charge on any atom is -0.486 e. The second-order valence-electron chi connectivity index (χ2n) is 6.02. The monoisotopic (exact) mass is 362 g/mol. The summed E-state index contributed by atoms with van der Waals surface area (Å²) in [5.74, 6) is 1.58. The summed E-state index contributed by atoms with van der Waals surface area (Å²) < 4.78 is 36.4. The van der Waals surface area contributed by atoms with Crippen molar-refractivity contribution in [3.63, 3.8) is 0 Å². The predicted molar refractivity (Wildman–Crippen MR) is 97.8 cm³/mol. The maximum atomic E-state index is 11.2. The van der Waals surface area contributed by atoms with Gasteiger partial charge in [0.05, 0.1) is 6.26 Å². The molecule has 134 valence electrons. The molecule has 3 rings (SSSR count). The smallest absolute Gasteiger partial charge is 0.229 e. The number of ether oxygens (including phenoxy) is 2. The van der Waals surface area contributed by atoms with Crippen LogP contribution in [0.3, 0.4) is 0 Å². The highest BCUT2D eigenvalue weighted by atomic mass is 32.2. The van der Waals surface area contributed by atoms with E-state index in [9.17, 15) is 8.42 Å². The van der Waals surface area contributed by atoms with E-state index < -0.39 is 10.0 Å². The van der Waals surface area contributed by atoms with Gasteiger partial charge in [-0.15, -0.1) is 0 Å². The van der Waals surface area contributed by atoms with Crippen LogP contribution in [0.25, 0.3) is 0 Å². The molecule has 0 saturated carbocycles. The van der Waals surface area contributed by atoms with Crippen molar-refractivity contribution < 1.29 is 17.9 Å². The Kier molecular flexibility index (Phi) is 5.45.